The molecule has 2 saturated heterocycles. The zero-order valence-electron chi connectivity index (χ0n) is 15.9. The van der Waals surface area contributed by atoms with Crippen LogP contribution in [-0.2, 0) is 4.79 Å². The van der Waals surface area contributed by atoms with Crippen molar-refractivity contribution in [2.45, 2.75) is 38.0 Å². The van der Waals surface area contributed by atoms with Crippen LogP contribution in [0, 0.1) is 18.3 Å². The number of fused-ring (bicyclic) bond motifs is 1. The molecule has 4 rings (SSSR count). The Morgan fingerprint density at radius 3 is 3.07 bits per heavy atom. The first-order valence-corrected chi connectivity index (χ1v) is 9.70. The van der Waals surface area contributed by atoms with Gasteiger partial charge in [0.05, 0.1) is 24.7 Å². The van der Waals surface area contributed by atoms with Crippen LogP contribution in [0.3, 0.4) is 0 Å². The van der Waals surface area contributed by atoms with Gasteiger partial charge < -0.3 is 10.2 Å². The number of hydrogen-bond acceptors (Lipinski definition) is 5. The van der Waals surface area contributed by atoms with Crippen molar-refractivity contribution in [2.75, 3.05) is 31.5 Å². The number of aryl methyl sites for hydroxylation is 1. The molecular formula is C21H24FN5O. The molecule has 0 radical (unpaired) electrons. The number of anilines is 1. The molecule has 2 aliphatic rings. The predicted octanol–water partition coefficient (Wildman–Crippen LogP) is 2.49. The molecule has 0 aliphatic carbocycles. The van der Waals surface area contributed by atoms with Crippen molar-refractivity contribution in [3.63, 3.8) is 0 Å². The van der Waals surface area contributed by atoms with Crippen LogP contribution in [0.4, 0.5) is 10.1 Å². The number of carbonyl (C=O) groups excluding carboxylic acids is 1. The molecule has 0 saturated carbocycles. The Morgan fingerprint density at radius 1 is 1.39 bits per heavy atom. The maximum atomic E-state index is 13.6. The highest BCUT2D eigenvalue weighted by molar-refractivity contribution is 5.83. The number of likely N-dealkylation sites (tertiary alicyclic amines) is 2. The van der Waals surface area contributed by atoms with Gasteiger partial charge in [0.1, 0.15) is 12.2 Å². The van der Waals surface area contributed by atoms with E-state index in [-0.39, 0.29) is 31.5 Å². The quantitative estimate of drug-likeness (QED) is 0.881. The van der Waals surface area contributed by atoms with E-state index in [1.807, 2.05) is 31.3 Å². The van der Waals surface area contributed by atoms with Gasteiger partial charge in [0.2, 0.25) is 5.91 Å². The number of nitrogens with one attached hydrogen (secondary N) is 1. The second-order valence-electron chi connectivity index (χ2n) is 7.81. The number of aromatic nitrogens is 1. The first-order valence-electron chi connectivity index (χ1n) is 9.70. The molecule has 1 amide bonds. The molecule has 1 aromatic carbocycles. The molecule has 6 nitrogen and oxygen atoms in total. The van der Waals surface area contributed by atoms with Crippen LogP contribution < -0.4 is 5.32 Å². The number of benzene rings is 1. The Kier molecular flexibility index (Phi) is 5.14. The van der Waals surface area contributed by atoms with Gasteiger partial charge in [-0.2, -0.15) is 5.26 Å². The van der Waals surface area contributed by atoms with Crippen molar-refractivity contribution in [1.82, 2.24) is 14.8 Å². The van der Waals surface area contributed by atoms with Crippen LogP contribution in [0.5, 0.6) is 0 Å². The van der Waals surface area contributed by atoms with E-state index in [1.165, 1.54) is 4.90 Å². The summed E-state index contributed by atoms with van der Waals surface area (Å²) in [7, 11) is 0. The van der Waals surface area contributed by atoms with Gasteiger partial charge in [-0.15, -0.1) is 0 Å². The molecule has 3 heterocycles. The summed E-state index contributed by atoms with van der Waals surface area (Å²) in [5, 5.41) is 13.8. The molecule has 1 aromatic heterocycles. The second-order valence-corrected chi connectivity index (χ2v) is 7.81. The number of hydrogen-bond donors (Lipinski definition) is 1. The second kappa shape index (κ2) is 7.72. The summed E-state index contributed by atoms with van der Waals surface area (Å²) in [6.45, 7) is 3.86. The maximum absolute atomic E-state index is 13.6. The van der Waals surface area contributed by atoms with Crippen LogP contribution in [0.1, 0.15) is 18.4 Å². The van der Waals surface area contributed by atoms with E-state index in [1.54, 1.807) is 0 Å². The summed E-state index contributed by atoms with van der Waals surface area (Å²) >= 11 is 0. The van der Waals surface area contributed by atoms with E-state index in [0.29, 0.717) is 0 Å². The van der Waals surface area contributed by atoms with Gasteiger partial charge in [-0.3, -0.25) is 14.7 Å². The summed E-state index contributed by atoms with van der Waals surface area (Å²) in [4.78, 5) is 20.4. The van der Waals surface area contributed by atoms with Crippen molar-refractivity contribution in [1.29, 1.82) is 5.26 Å². The molecule has 2 aliphatic heterocycles. The number of carbonyl (C=O) groups is 1. The van der Waals surface area contributed by atoms with Crippen LogP contribution in [-0.4, -0.2) is 65.1 Å². The zero-order chi connectivity index (χ0) is 19.7. The van der Waals surface area contributed by atoms with Crippen molar-refractivity contribution < 1.29 is 9.18 Å². The lowest BCUT2D eigenvalue weighted by atomic mass is 10.1. The molecule has 0 bridgehead atoms. The monoisotopic (exact) mass is 381 g/mol. The first-order chi connectivity index (χ1) is 13.5. The standard InChI is InChI=1S/C21H24FN5O/c1-14-6-15-7-17(2-3-20(15)24-10-14)25-18-4-5-26(12-18)13-21(28)27-11-16(22)8-19(27)9-23/h2-3,6-7,10,16,18-19,25H,4-5,8,11-13H2,1H3/t16-,18+,19-/m0/s1. The minimum absolute atomic E-state index is 0.0388. The lowest BCUT2D eigenvalue weighted by molar-refractivity contribution is -0.132. The number of alkyl halides is 1. The molecule has 0 spiro atoms. The third-order valence-electron chi connectivity index (χ3n) is 5.54. The minimum atomic E-state index is -1.09. The SMILES string of the molecule is Cc1cnc2ccc(N[C@@H]3CCN(CC(=O)N4C[C@@H](F)C[C@H]4C#N)C3)cc2c1. The van der Waals surface area contributed by atoms with E-state index in [2.05, 4.69) is 27.3 Å². The Balaban J connectivity index is 1.34. The number of nitrogens with zero attached hydrogens (tertiary/aromatic N) is 4. The number of rotatable bonds is 4. The molecule has 7 heteroatoms. The molecule has 28 heavy (non-hydrogen) atoms. The molecule has 0 unspecified atom stereocenters. The maximum Gasteiger partial charge on any atom is 0.237 e. The van der Waals surface area contributed by atoms with E-state index in [4.69, 9.17) is 5.26 Å². The lowest BCUT2D eigenvalue weighted by Gasteiger charge is -2.23. The summed E-state index contributed by atoms with van der Waals surface area (Å²) in [6.07, 6.45) is 1.84. The normalized spacial score (nSPS) is 25.2. The van der Waals surface area contributed by atoms with Crippen LogP contribution in [0.25, 0.3) is 10.9 Å². The fourth-order valence-corrected chi connectivity index (χ4v) is 4.13. The molecule has 2 aromatic rings. The topological polar surface area (TPSA) is 72.3 Å². The number of halogens is 1. The van der Waals surface area contributed by atoms with E-state index in [9.17, 15) is 9.18 Å². The van der Waals surface area contributed by atoms with Gasteiger partial charge >= 0.3 is 0 Å². The van der Waals surface area contributed by atoms with Crippen LogP contribution in [0.2, 0.25) is 0 Å². The summed E-state index contributed by atoms with van der Waals surface area (Å²) in [5.74, 6) is -0.153. The third kappa shape index (κ3) is 3.92. The molecule has 3 atom stereocenters. The van der Waals surface area contributed by atoms with E-state index >= 15 is 0 Å². The molecule has 146 valence electrons. The molecule has 1 N–H and O–H groups in total. The van der Waals surface area contributed by atoms with E-state index in [0.717, 1.165) is 41.7 Å². The Hall–Kier alpha value is -2.72. The average molecular weight is 381 g/mol. The van der Waals surface area contributed by atoms with Gasteiger partial charge in [-0.05, 0) is 43.2 Å². The predicted molar refractivity (Wildman–Crippen MR) is 106 cm³/mol. The highest BCUT2D eigenvalue weighted by Gasteiger charge is 2.36. The number of nitriles is 1. The van der Waals surface area contributed by atoms with Crippen molar-refractivity contribution in [2.24, 2.45) is 0 Å². The third-order valence-corrected chi connectivity index (χ3v) is 5.54. The Labute approximate surface area is 163 Å². The number of pyridine rings is 1. The molecular weight excluding hydrogens is 357 g/mol. The molecule has 2 fully saturated rings. The Morgan fingerprint density at radius 2 is 2.25 bits per heavy atom. The van der Waals surface area contributed by atoms with Gasteiger partial charge in [-0.25, -0.2) is 4.39 Å². The fourth-order valence-electron chi connectivity index (χ4n) is 4.13. The van der Waals surface area contributed by atoms with Gasteiger partial charge in [-0.1, -0.05) is 0 Å². The highest BCUT2D eigenvalue weighted by Crippen LogP contribution is 2.23. The number of amides is 1. The van der Waals surface area contributed by atoms with Crippen molar-refractivity contribution in [3.8, 4) is 6.07 Å². The summed E-state index contributed by atoms with van der Waals surface area (Å²) in [5.41, 5.74) is 3.14. The van der Waals surface area contributed by atoms with Crippen molar-refractivity contribution in [3.05, 3.63) is 36.0 Å². The smallest absolute Gasteiger partial charge is 0.237 e. The summed E-state index contributed by atoms with van der Waals surface area (Å²) in [6, 6.07) is 9.92. The first kappa shape index (κ1) is 18.6. The lowest BCUT2D eigenvalue weighted by Crippen LogP contribution is -2.42. The average Bonchev–Trinajstić information content (AvgIpc) is 3.27. The van der Waals surface area contributed by atoms with Crippen LogP contribution in [0.15, 0.2) is 30.5 Å². The van der Waals surface area contributed by atoms with E-state index < -0.39 is 12.2 Å². The Bertz CT molecular complexity index is 927. The van der Waals surface area contributed by atoms with Crippen molar-refractivity contribution >= 4 is 22.5 Å². The van der Waals surface area contributed by atoms with Crippen LogP contribution >= 0.6 is 0 Å². The van der Waals surface area contributed by atoms with Gasteiger partial charge in [0, 0.05) is 42.8 Å². The summed E-state index contributed by atoms with van der Waals surface area (Å²) < 4.78 is 13.6. The highest BCUT2D eigenvalue weighted by atomic mass is 19.1. The van der Waals surface area contributed by atoms with Gasteiger partial charge in [0.25, 0.3) is 0 Å². The minimum Gasteiger partial charge on any atom is -0.381 e. The fraction of sp³-hybridized carbons (Fsp3) is 0.476. The van der Waals surface area contributed by atoms with Gasteiger partial charge in [0.15, 0.2) is 0 Å². The zero-order valence-corrected chi connectivity index (χ0v) is 15.9. The largest absolute Gasteiger partial charge is 0.381 e.